The molecule has 1 atom stereocenters. The first-order valence-electron chi connectivity index (χ1n) is 8.60. The van der Waals surface area contributed by atoms with Gasteiger partial charge in [-0.05, 0) is 29.5 Å². The second kappa shape index (κ2) is 7.43. The molecule has 0 spiro atoms. The van der Waals surface area contributed by atoms with Gasteiger partial charge in [0.2, 0.25) is 5.82 Å². The number of aromatic amines is 1. The van der Waals surface area contributed by atoms with E-state index in [9.17, 15) is 9.90 Å². The molecule has 4 aromatic rings. The molecule has 0 aliphatic rings. The minimum absolute atomic E-state index is 0.136. The fraction of sp³-hybridized carbons (Fsp3) is 0.150. The first-order valence-corrected chi connectivity index (χ1v) is 8.60. The summed E-state index contributed by atoms with van der Waals surface area (Å²) in [6.07, 6.45) is 2.36. The van der Waals surface area contributed by atoms with E-state index in [1.165, 1.54) is 0 Å². The van der Waals surface area contributed by atoms with Crippen molar-refractivity contribution < 1.29 is 14.4 Å². The Kier molecular flexibility index (Phi) is 4.67. The summed E-state index contributed by atoms with van der Waals surface area (Å²) in [5.74, 6) is -0.312. The molecule has 136 valence electrons. The second-order valence-electron chi connectivity index (χ2n) is 6.25. The quantitative estimate of drug-likeness (QED) is 0.489. The molecule has 0 radical (unpaired) electrons. The van der Waals surface area contributed by atoms with Crippen molar-refractivity contribution in [3.63, 3.8) is 0 Å². The van der Waals surface area contributed by atoms with Gasteiger partial charge in [-0.2, -0.15) is 4.98 Å². The molecule has 0 saturated carbocycles. The minimum atomic E-state index is -0.510. The average molecular weight is 362 g/mol. The Morgan fingerprint density at radius 1 is 1.19 bits per heavy atom. The molecule has 3 N–H and O–H groups in total. The molecule has 1 amide bonds. The van der Waals surface area contributed by atoms with Crippen molar-refractivity contribution in [2.75, 3.05) is 6.61 Å². The SMILES string of the molecule is O=C(NC(CO)Cc1ccccc1)c1nc(-c2ccc3cc[nH]c3c2)no1. The molecule has 2 aromatic carbocycles. The Hall–Kier alpha value is -3.45. The van der Waals surface area contributed by atoms with Crippen LogP contribution >= 0.6 is 0 Å². The average Bonchev–Trinajstić information content (AvgIpc) is 3.37. The first-order chi connectivity index (χ1) is 13.2. The molecule has 1 unspecified atom stereocenters. The summed E-state index contributed by atoms with van der Waals surface area (Å²) < 4.78 is 5.11. The van der Waals surface area contributed by atoms with Crippen LogP contribution in [0.15, 0.2) is 65.3 Å². The highest BCUT2D eigenvalue weighted by molar-refractivity contribution is 5.90. The van der Waals surface area contributed by atoms with E-state index in [0.29, 0.717) is 12.2 Å². The Morgan fingerprint density at radius 3 is 2.85 bits per heavy atom. The maximum absolute atomic E-state index is 12.4. The molecular formula is C20H18N4O3. The first kappa shape index (κ1) is 17.0. The van der Waals surface area contributed by atoms with Gasteiger partial charge in [0.15, 0.2) is 0 Å². The number of rotatable bonds is 6. The molecule has 0 aliphatic carbocycles. The summed E-state index contributed by atoms with van der Waals surface area (Å²) in [7, 11) is 0. The molecule has 7 nitrogen and oxygen atoms in total. The number of aliphatic hydroxyl groups excluding tert-OH is 1. The van der Waals surface area contributed by atoms with Crippen molar-refractivity contribution in [2.24, 2.45) is 0 Å². The van der Waals surface area contributed by atoms with Crippen LogP contribution in [0.3, 0.4) is 0 Å². The fourth-order valence-corrected chi connectivity index (χ4v) is 2.93. The number of amides is 1. The van der Waals surface area contributed by atoms with Gasteiger partial charge in [-0.1, -0.05) is 47.6 Å². The number of aromatic nitrogens is 3. The lowest BCUT2D eigenvalue weighted by molar-refractivity contribution is 0.0872. The fourth-order valence-electron chi connectivity index (χ4n) is 2.93. The number of H-pyrrole nitrogens is 1. The summed E-state index contributed by atoms with van der Waals surface area (Å²) in [6.45, 7) is -0.189. The van der Waals surface area contributed by atoms with Gasteiger partial charge in [0, 0.05) is 17.3 Å². The van der Waals surface area contributed by atoms with Crippen LogP contribution in [0, 0.1) is 0 Å². The lowest BCUT2D eigenvalue weighted by Crippen LogP contribution is -2.39. The third-order valence-electron chi connectivity index (χ3n) is 4.31. The number of nitrogens with zero attached hydrogens (tertiary/aromatic N) is 2. The largest absolute Gasteiger partial charge is 0.394 e. The van der Waals surface area contributed by atoms with E-state index in [1.54, 1.807) is 0 Å². The zero-order valence-corrected chi connectivity index (χ0v) is 14.4. The predicted molar refractivity (Wildman–Crippen MR) is 100 cm³/mol. The second-order valence-corrected chi connectivity index (χ2v) is 6.25. The predicted octanol–water partition coefficient (Wildman–Crippen LogP) is 2.55. The highest BCUT2D eigenvalue weighted by Crippen LogP contribution is 2.21. The number of benzene rings is 2. The molecule has 7 heteroatoms. The van der Waals surface area contributed by atoms with E-state index < -0.39 is 11.9 Å². The topological polar surface area (TPSA) is 104 Å². The smallest absolute Gasteiger partial charge is 0.316 e. The summed E-state index contributed by atoms with van der Waals surface area (Å²) in [5.41, 5.74) is 2.71. The van der Waals surface area contributed by atoms with Crippen LogP contribution in [0.5, 0.6) is 0 Å². The maximum atomic E-state index is 12.4. The zero-order chi connectivity index (χ0) is 18.6. The van der Waals surface area contributed by atoms with E-state index in [1.807, 2.05) is 60.8 Å². The van der Waals surface area contributed by atoms with Gasteiger partial charge in [0.1, 0.15) is 0 Å². The van der Waals surface area contributed by atoms with Crippen molar-refractivity contribution in [1.82, 2.24) is 20.4 Å². The highest BCUT2D eigenvalue weighted by atomic mass is 16.5. The number of hydrogen-bond acceptors (Lipinski definition) is 5. The molecule has 0 saturated heterocycles. The number of nitrogens with one attached hydrogen (secondary N) is 2. The third kappa shape index (κ3) is 3.73. The van der Waals surface area contributed by atoms with Crippen LogP contribution in [0.2, 0.25) is 0 Å². The van der Waals surface area contributed by atoms with Gasteiger partial charge in [-0.3, -0.25) is 4.79 Å². The van der Waals surface area contributed by atoms with Gasteiger partial charge in [0.05, 0.1) is 12.6 Å². The molecule has 4 rings (SSSR count). The lowest BCUT2D eigenvalue weighted by atomic mass is 10.1. The standard InChI is InChI=1S/C20H18N4O3/c25-12-16(10-13-4-2-1-3-5-13)22-19(26)20-23-18(24-27-20)15-7-6-14-8-9-21-17(14)11-15/h1-9,11,16,21,25H,10,12H2,(H,22,26). The van der Waals surface area contributed by atoms with Crippen molar-refractivity contribution in [3.8, 4) is 11.4 Å². The Balaban J connectivity index is 1.47. The van der Waals surface area contributed by atoms with Crippen LogP contribution in [0.4, 0.5) is 0 Å². The number of hydrogen-bond donors (Lipinski definition) is 3. The van der Waals surface area contributed by atoms with Crippen LogP contribution < -0.4 is 5.32 Å². The van der Waals surface area contributed by atoms with Gasteiger partial charge < -0.3 is 19.9 Å². The number of carbonyl (C=O) groups excluding carboxylic acids is 1. The van der Waals surface area contributed by atoms with Crippen LogP contribution in [-0.2, 0) is 6.42 Å². The molecular weight excluding hydrogens is 344 g/mol. The number of carbonyl (C=O) groups is 1. The molecule has 0 fully saturated rings. The third-order valence-corrected chi connectivity index (χ3v) is 4.31. The maximum Gasteiger partial charge on any atom is 0.316 e. The molecule has 27 heavy (non-hydrogen) atoms. The number of fused-ring (bicyclic) bond motifs is 1. The normalized spacial score (nSPS) is 12.2. The Bertz CT molecular complexity index is 1060. The summed E-state index contributed by atoms with van der Waals surface area (Å²) in [5, 5.41) is 17.3. The Morgan fingerprint density at radius 2 is 2.04 bits per heavy atom. The van der Waals surface area contributed by atoms with Crippen LogP contribution in [0.1, 0.15) is 16.2 Å². The van der Waals surface area contributed by atoms with Crippen molar-refractivity contribution in [2.45, 2.75) is 12.5 Å². The van der Waals surface area contributed by atoms with E-state index in [4.69, 9.17) is 4.52 Å². The van der Waals surface area contributed by atoms with E-state index in [2.05, 4.69) is 20.4 Å². The molecule has 2 aromatic heterocycles. The summed E-state index contributed by atoms with van der Waals surface area (Å²) >= 11 is 0. The van der Waals surface area contributed by atoms with Gasteiger partial charge in [0.25, 0.3) is 0 Å². The molecule has 2 heterocycles. The van der Waals surface area contributed by atoms with E-state index >= 15 is 0 Å². The van der Waals surface area contributed by atoms with Crippen molar-refractivity contribution >= 4 is 16.8 Å². The summed E-state index contributed by atoms with van der Waals surface area (Å²) in [4.78, 5) is 19.7. The van der Waals surface area contributed by atoms with Crippen LogP contribution in [0.25, 0.3) is 22.3 Å². The number of aliphatic hydroxyl groups is 1. The van der Waals surface area contributed by atoms with Crippen molar-refractivity contribution in [1.29, 1.82) is 0 Å². The summed E-state index contributed by atoms with van der Waals surface area (Å²) in [6, 6.07) is 16.9. The van der Waals surface area contributed by atoms with Crippen LogP contribution in [-0.4, -0.2) is 38.8 Å². The monoisotopic (exact) mass is 362 g/mol. The van der Waals surface area contributed by atoms with Gasteiger partial charge in [-0.15, -0.1) is 0 Å². The molecule has 0 aliphatic heterocycles. The van der Waals surface area contributed by atoms with E-state index in [0.717, 1.165) is 22.0 Å². The highest BCUT2D eigenvalue weighted by Gasteiger charge is 2.20. The Labute approximate surface area is 155 Å². The molecule has 0 bridgehead atoms. The lowest BCUT2D eigenvalue weighted by Gasteiger charge is -2.14. The van der Waals surface area contributed by atoms with E-state index in [-0.39, 0.29) is 12.5 Å². The van der Waals surface area contributed by atoms with Crippen molar-refractivity contribution in [3.05, 3.63) is 72.2 Å². The van der Waals surface area contributed by atoms with Gasteiger partial charge >= 0.3 is 11.8 Å². The van der Waals surface area contributed by atoms with Gasteiger partial charge in [-0.25, -0.2) is 0 Å². The minimum Gasteiger partial charge on any atom is -0.394 e. The zero-order valence-electron chi connectivity index (χ0n) is 14.4.